The fourth-order valence-corrected chi connectivity index (χ4v) is 1.33. The summed E-state index contributed by atoms with van der Waals surface area (Å²) in [7, 11) is 0. The molecular weight excluding hydrogens is 178 g/mol. The number of unbranched alkanes of at least 4 members (excludes halogenated alkanes) is 1. The molecule has 1 aromatic rings. The summed E-state index contributed by atoms with van der Waals surface area (Å²) >= 11 is 0. The molecule has 3 heteroatoms. The quantitative estimate of drug-likeness (QED) is 0.799. The number of carbonyl (C=O) groups is 1. The van der Waals surface area contributed by atoms with E-state index < -0.39 is 5.97 Å². The second kappa shape index (κ2) is 4.74. The Morgan fingerprint density at radius 2 is 2.29 bits per heavy atom. The van der Waals surface area contributed by atoms with Gasteiger partial charge in [0, 0.05) is 6.20 Å². The predicted octanol–water partition coefficient (Wildman–Crippen LogP) is 2.43. The minimum atomic E-state index is -0.963. The van der Waals surface area contributed by atoms with Crippen LogP contribution in [0.5, 0.6) is 0 Å². The Morgan fingerprint density at radius 1 is 1.57 bits per heavy atom. The first-order valence-electron chi connectivity index (χ1n) is 4.84. The Kier molecular flexibility index (Phi) is 3.63. The van der Waals surface area contributed by atoms with Crippen molar-refractivity contribution in [2.75, 3.05) is 0 Å². The third-order valence-corrected chi connectivity index (χ3v) is 2.24. The van der Waals surface area contributed by atoms with E-state index in [1.807, 2.05) is 6.92 Å². The van der Waals surface area contributed by atoms with E-state index in [4.69, 9.17) is 5.11 Å². The van der Waals surface area contributed by atoms with Crippen molar-refractivity contribution < 1.29 is 9.90 Å². The average molecular weight is 193 g/mol. The van der Waals surface area contributed by atoms with Gasteiger partial charge in [-0.25, -0.2) is 9.78 Å². The van der Waals surface area contributed by atoms with Crippen LogP contribution in [-0.4, -0.2) is 16.1 Å². The van der Waals surface area contributed by atoms with Gasteiger partial charge in [0.05, 0.1) is 0 Å². The highest BCUT2D eigenvalue weighted by Crippen LogP contribution is 2.11. The van der Waals surface area contributed by atoms with Crippen molar-refractivity contribution in [3.05, 3.63) is 29.1 Å². The summed E-state index contributed by atoms with van der Waals surface area (Å²) in [6, 6.07) is 1.63. The van der Waals surface area contributed by atoms with Crippen molar-refractivity contribution in [2.24, 2.45) is 0 Å². The number of aryl methyl sites for hydroxylation is 2. The van der Waals surface area contributed by atoms with Crippen molar-refractivity contribution in [2.45, 2.75) is 33.1 Å². The number of aromatic nitrogens is 1. The van der Waals surface area contributed by atoms with Crippen LogP contribution in [0, 0.1) is 6.92 Å². The lowest BCUT2D eigenvalue weighted by molar-refractivity contribution is 0.0690. The zero-order chi connectivity index (χ0) is 10.6. The van der Waals surface area contributed by atoms with Crippen LogP contribution >= 0.6 is 0 Å². The molecule has 0 bridgehead atoms. The Morgan fingerprint density at radius 3 is 2.79 bits per heavy atom. The van der Waals surface area contributed by atoms with Crippen LogP contribution < -0.4 is 0 Å². The Labute approximate surface area is 83.8 Å². The molecule has 0 amide bonds. The van der Waals surface area contributed by atoms with Crippen molar-refractivity contribution in [3.8, 4) is 0 Å². The van der Waals surface area contributed by atoms with E-state index >= 15 is 0 Å². The third-order valence-electron chi connectivity index (χ3n) is 2.24. The second-order valence-electron chi connectivity index (χ2n) is 3.40. The lowest BCUT2D eigenvalue weighted by atomic mass is 10.1. The molecule has 1 aromatic heterocycles. The van der Waals surface area contributed by atoms with Crippen LogP contribution in [0.3, 0.4) is 0 Å². The number of hydrogen-bond acceptors (Lipinski definition) is 2. The largest absolute Gasteiger partial charge is 0.477 e. The molecule has 0 fully saturated rings. The topological polar surface area (TPSA) is 50.2 Å². The molecule has 1 heterocycles. The monoisotopic (exact) mass is 193 g/mol. The van der Waals surface area contributed by atoms with Crippen molar-refractivity contribution in [1.82, 2.24) is 4.98 Å². The van der Waals surface area contributed by atoms with E-state index in [9.17, 15) is 4.79 Å². The van der Waals surface area contributed by atoms with E-state index in [0.29, 0.717) is 0 Å². The van der Waals surface area contributed by atoms with E-state index in [1.54, 1.807) is 12.3 Å². The Hall–Kier alpha value is -1.38. The maximum Gasteiger partial charge on any atom is 0.354 e. The average Bonchev–Trinajstić information content (AvgIpc) is 2.15. The standard InChI is InChI=1S/C11H15NO2/c1-3-4-5-9-7-12-10(11(13)14)6-8(9)2/h6-7H,3-5H2,1-2H3,(H,13,14). The maximum atomic E-state index is 10.6. The van der Waals surface area contributed by atoms with E-state index in [0.717, 1.165) is 30.4 Å². The smallest absolute Gasteiger partial charge is 0.354 e. The third kappa shape index (κ3) is 2.55. The van der Waals surface area contributed by atoms with Crippen LogP contribution in [0.4, 0.5) is 0 Å². The van der Waals surface area contributed by atoms with E-state index in [-0.39, 0.29) is 5.69 Å². The van der Waals surface area contributed by atoms with Crippen LogP contribution in [0.1, 0.15) is 41.4 Å². The summed E-state index contributed by atoms with van der Waals surface area (Å²) in [6.07, 6.45) is 4.92. The Balaban J connectivity index is 2.84. The van der Waals surface area contributed by atoms with Gasteiger partial charge in [-0.2, -0.15) is 0 Å². The van der Waals surface area contributed by atoms with Crippen molar-refractivity contribution in [3.63, 3.8) is 0 Å². The molecule has 0 aromatic carbocycles. The van der Waals surface area contributed by atoms with Gasteiger partial charge in [0.2, 0.25) is 0 Å². The molecule has 0 radical (unpaired) electrons. The summed E-state index contributed by atoms with van der Waals surface area (Å²) < 4.78 is 0. The van der Waals surface area contributed by atoms with Crippen LogP contribution in [0.25, 0.3) is 0 Å². The lowest BCUT2D eigenvalue weighted by Crippen LogP contribution is -2.02. The van der Waals surface area contributed by atoms with Crippen molar-refractivity contribution in [1.29, 1.82) is 0 Å². The summed E-state index contributed by atoms with van der Waals surface area (Å²) in [5.41, 5.74) is 2.30. The first kappa shape index (κ1) is 10.7. The predicted molar refractivity (Wildman–Crippen MR) is 54.5 cm³/mol. The number of aromatic carboxylic acids is 1. The van der Waals surface area contributed by atoms with Gasteiger partial charge < -0.3 is 5.11 Å². The summed E-state index contributed by atoms with van der Waals surface area (Å²) in [6.45, 7) is 4.06. The highest BCUT2D eigenvalue weighted by molar-refractivity contribution is 5.85. The molecule has 0 aliphatic heterocycles. The van der Waals surface area contributed by atoms with Gasteiger partial charge in [-0.3, -0.25) is 0 Å². The minimum Gasteiger partial charge on any atom is -0.477 e. The van der Waals surface area contributed by atoms with Crippen LogP contribution in [0.15, 0.2) is 12.3 Å². The summed E-state index contributed by atoms with van der Waals surface area (Å²) in [4.78, 5) is 14.5. The molecule has 14 heavy (non-hydrogen) atoms. The molecular formula is C11H15NO2. The number of nitrogens with zero attached hydrogens (tertiary/aromatic N) is 1. The van der Waals surface area contributed by atoms with Gasteiger partial charge in [-0.15, -0.1) is 0 Å². The van der Waals surface area contributed by atoms with Gasteiger partial charge in [0.25, 0.3) is 0 Å². The molecule has 1 rings (SSSR count). The first-order valence-corrected chi connectivity index (χ1v) is 4.84. The molecule has 3 nitrogen and oxygen atoms in total. The molecule has 0 aliphatic rings. The fourth-order valence-electron chi connectivity index (χ4n) is 1.33. The number of carboxylic acid groups (broad SMARTS) is 1. The number of pyridine rings is 1. The maximum absolute atomic E-state index is 10.6. The number of carboxylic acids is 1. The molecule has 1 N–H and O–H groups in total. The van der Waals surface area contributed by atoms with Gasteiger partial charge in [0.1, 0.15) is 5.69 Å². The highest BCUT2D eigenvalue weighted by Gasteiger charge is 2.06. The zero-order valence-corrected chi connectivity index (χ0v) is 8.58. The molecule has 0 aliphatic carbocycles. The van der Waals surface area contributed by atoms with Gasteiger partial charge in [0.15, 0.2) is 0 Å². The molecule has 0 spiro atoms. The number of hydrogen-bond donors (Lipinski definition) is 1. The van der Waals surface area contributed by atoms with Crippen molar-refractivity contribution >= 4 is 5.97 Å². The lowest BCUT2D eigenvalue weighted by Gasteiger charge is -2.04. The van der Waals surface area contributed by atoms with Gasteiger partial charge in [-0.1, -0.05) is 13.3 Å². The first-order chi connectivity index (χ1) is 6.65. The normalized spacial score (nSPS) is 10.1. The number of rotatable bonds is 4. The zero-order valence-electron chi connectivity index (χ0n) is 8.58. The van der Waals surface area contributed by atoms with E-state index in [1.165, 1.54) is 0 Å². The molecule has 0 unspecified atom stereocenters. The Bertz CT molecular complexity index is 334. The van der Waals surface area contributed by atoms with E-state index in [2.05, 4.69) is 11.9 Å². The summed E-state index contributed by atoms with van der Waals surface area (Å²) in [5, 5.41) is 8.71. The fraction of sp³-hybridized carbons (Fsp3) is 0.455. The summed E-state index contributed by atoms with van der Waals surface area (Å²) in [5.74, 6) is -0.963. The molecule has 0 atom stereocenters. The second-order valence-corrected chi connectivity index (χ2v) is 3.40. The van der Waals surface area contributed by atoms with Crippen LogP contribution in [-0.2, 0) is 6.42 Å². The SMILES string of the molecule is CCCCc1cnc(C(=O)O)cc1C. The molecule has 76 valence electrons. The molecule has 0 saturated carbocycles. The molecule has 0 saturated heterocycles. The van der Waals surface area contributed by atoms with Crippen LogP contribution in [0.2, 0.25) is 0 Å². The van der Waals surface area contributed by atoms with Gasteiger partial charge >= 0.3 is 5.97 Å². The van der Waals surface area contributed by atoms with Gasteiger partial charge in [-0.05, 0) is 37.0 Å². The minimum absolute atomic E-state index is 0.128. The highest BCUT2D eigenvalue weighted by atomic mass is 16.4.